The van der Waals surface area contributed by atoms with Crippen LogP contribution in [-0.4, -0.2) is 30.1 Å². The second-order valence-corrected chi connectivity index (χ2v) is 6.33. The molecule has 136 valence electrons. The Morgan fingerprint density at radius 3 is 2.85 bits per heavy atom. The van der Waals surface area contributed by atoms with Gasteiger partial charge in [0.05, 0.1) is 11.0 Å². The number of nitro benzene ring substituents is 1. The van der Waals surface area contributed by atoms with Crippen molar-refractivity contribution >= 4 is 23.0 Å². The molecule has 0 bridgehead atoms. The predicted molar refractivity (Wildman–Crippen MR) is 99.7 cm³/mol. The van der Waals surface area contributed by atoms with Crippen molar-refractivity contribution in [3.63, 3.8) is 0 Å². The number of nitrogens with zero attached hydrogens (tertiary/aromatic N) is 1. The van der Waals surface area contributed by atoms with Crippen molar-refractivity contribution in [3.8, 4) is 0 Å². The molecule has 2 aromatic rings. The molecule has 1 saturated heterocycles. The Balaban J connectivity index is 1.74. The third kappa shape index (κ3) is 4.37. The minimum absolute atomic E-state index is 0.0684. The van der Waals surface area contributed by atoms with Crippen molar-refractivity contribution in [2.75, 3.05) is 23.8 Å². The molecule has 0 aliphatic carbocycles. The summed E-state index contributed by atoms with van der Waals surface area (Å²) in [6.07, 6.45) is 2.02. The molecular weight excluding hydrogens is 334 g/mol. The van der Waals surface area contributed by atoms with Crippen LogP contribution in [0.4, 0.5) is 17.1 Å². The van der Waals surface area contributed by atoms with Gasteiger partial charge in [-0.2, -0.15) is 0 Å². The van der Waals surface area contributed by atoms with E-state index in [0.717, 1.165) is 25.0 Å². The molecule has 7 heteroatoms. The molecule has 1 aliphatic heterocycles. The van der Waals surface area contributed by atoms with Gasteiger partial charge >= 0.3 is 0 Å². The van der Waals surface area contributed by atoms with Crippen LogP contribution in [0.2, 0.25) is 0 Å². The smallest absolute Gasteiger partial charge is 0.293 e. The largest absolute Gasteiger partial charge is 0.377 e. The SMILES string of the molecule is Cc1cccc(NC(=O)c2ccc(NC[C@@H]3CCCO3)c([N+](=O)[O-])c2)c1. The molecule has 1 atom stereocenters. The van der Waals surface area contributed by atoms with Crippen molar-refractivity contribution in [1.29, 1.82) is 0 Å². The van der Waals surface area contributed by atoms with Gasteiger partial charge in [-0.3, -0.25) is 14.9 Å². The van der Waals surface area contributed by atoms with Gasteiger partial charge in [-0.05, 0) is 49.6 Å². The summed E-state index contributed by atoms with van der Waals surface area (Å²) in [6.45, 7) is 3.16. The summed E-state index contributed by atoms with van der Waals surface area (Å²) in [7, 11) is 0. The molecule has 1 heterocycles. The average Bonchev–Trinajstić information content (AvgIpc) is 3.13. The number of benzene rings is 2. The maximum Gasteiger partial charge on any atom is 0.293 e. The first-order chi connectivity index (χ1) is 12.5. The van der Waals surface area contributed by atoms with Gasteiger partial charge in [-0.15, -0.1) is 0 Å². The molecule has 0 aromatic heterocycles. The molecule has 0 spiro atoms. The van der Waals surface area contributed by atoms with Crippen molar-refractivity contribution in [1.82, 2.24) is 0 Å². The molecule has 1 fully saturated rings. The lowest BCUT2D eigenvalue weighted by Crippen LogP contribution is -2.19. The highest BCUT2D eigenvalue weighted by Gasteiger charge is 2.20. The number of ether oxygens (including phenoxy) is 1. The molecule has 1 aliphatic rings. The highest BCUT2D eigenvalue weighted by molar-refractivity contribution is 6.05. The van der Waals surface area contributed by atoms with E-state index in [4.69, 9.17) is 4.74 Å². The van der Waals surface area contributed by atoms with Crippen LogP contribution in [0.15, 0.2) is 42.5 Å². The van der Waals surface area contributed by atoms with E-state index in [1.54, 1.807) is 18.2 Å². The van der Waals surface area contributed by atoms with E-state index < -0.39 is 4.92 Å². The van der Waals surface area contributed by atoms with Gasteiger partial charge in [0.1, 0.15) is 5.69 Å². The van der Waals surface area contributed by atoms with Crippen LogP contribution in [0, 0.1) is 17.0 Å². The molecular formula is C19H21N3O4. The second-order valence-electron chi connectivity index (χ2n) is 6.33. The van der Waals surface area contributed by atoms with Crippen molar-refractivity contribution in [2.45, 2.75) is 25.9 Å². The number of rotatable bonds is 6. The van der Waals surface area contributed by atoms with Crippen LogP contribution in [0.3, 0.4) is 0 Å². The Labute approximate surface area is 151 Å². The average molecular weight is 355 g/mol. The number of nitro groups is 1. The van der Waals surface area contributed by atoms with E-state index in [1.165, 1.54) is 6.07 Å². The van der Waals surface area contributed by atoms with Crippen LogP contribution in [0.25, 0.3) is 0 Å². The molecule has 26 heavy (non-hydrogen) atoms. The van der Waals surface area contributed by atoms with Gasteiger partial charge in [0.15, 0.2) is 0 Å². The number of hydrogen-bond donors (Lipinski definition) is 2. The molecule has 0 saturated carbocycles. The Morgan fingerprint density at radius 1 is 1.31 bits per heavy atom. The van der Waals surface area contributed by atoms with Crippen LogP contribution in [0.1, 0.15) is 28.8 Å². The Morgan fingerprint density at radius 2 is 2.15 bits per heavy atom. The Kier molecular flexibility index (Phi) is 5.48. The van der Waals surface area contributed by atoms with E-state index >= 15 is 0 Å². The molecule has 2 aromatic carbocycles. The van der Waals surface area contributed by atoms with Crippen LogP contribution in [0.5, 0.6) is 0 Å². The van der Waals surface area contributed by atoms with E-state index in [9.17, 15) is 14.9 Å². The lowest BCUT2D eigenvalue weighted by atomic mass is 10.1. The first-order valence-corrected chi connectivity index (χ1v) is 8.55. The molecule has 0 radical (unpaired) electrons. The lowest BCUT2D eigenvalue weighted by Gasteiger charge is -2.13. The van der Waals surface area contributed by atoms with Gasteiger partial charge < -0.3 is 15.4 Å². The summed E-state index contributed by atoms with van der Waals surface area (Å²) >= 11 is 0. The van der Waals surface area contributed by atoms with Gasteiger partial charge in [0, 0.05) is 30.5 Å². The molecule has 1 amide bonds. The summed E-state index contributed by atoms with van der Waals surface area (Å²) in [5.74, 6) is -0.385. The number of hydrogen-bond acceptors (Lipinski definition) is 5. The van der Waals surface area contributed by atoms with E-state index in [2.05, 4.69) is 10.6 Å². The molecule has 3 rings (SSSR count). The fraction of sp³-hybridized carbons (Fsp3) is 0.316. The Bertz CT molecular complexity index is 816. The third-order valence-electron chi connectivity index (χ3n) is 4.28. The van der Waals surface area contributed by atoms with Crippen LogP contribution < -0.4 is 10.6 Å². The number of aryl methyl sites for hydroxylation is 1. The minimum Gasteiger partial charge on any atom is -0.377 e. The van der Waals surface area contributed by atoms with Crippen LogP contribution >= 0.6 is 0 Å². The van der Waals surface area contributed by atoms with E-state index in [-0.39, 0.29) is 23.3 Å². The first-order valence-electron chi connectivity index (χ1n) is 8.55. The minimum atomic E-state index is -0.485. The third-order valence-corrected chi connectivity index (χ3v) is 4.28. The predicted octanol–water partition coefficient (Wildman–Crippen LogP) is 3.75. The second kappa shape index (κ2) is 7.97. The number of carbonyl (C=O) groups is 1. The van der Waals surface area contributed by atoms with Crippen molar-refractivity contribution in [2.24, 2.45) is 0 Å². The maximum atomic E-state index is 12.4. The van der Waals surface area contributed by atoms with Crippen LogP contribution in [-0.2, 0) is 4.74 Å². The zero-order valence-electron chi connectivity index (χ0n) is 14.5. The van der Waals surface area contributed by atoms with E-state index in [0.29, 0.717) is 17.9 Å². The van der Waals surface area contributed by atoms with Crippen molar-refractivity contribution < 1.29 is 14.5 Å². The summed E-state index contributed by atoms with van der Waals surface area (Å²) in [5, 5.41) is 17.2. The highest BCUT2D eigenvalue weighted by atomic mass is 16.6. The molecule has 7 nitrogen and oxygen atoms in total. The fourth-order valence-corrected chi connectivity index (χ4v) is 2.93. The van der Waals surface area contributed by atoms with Crippen molar-refractivity contribution in [3.05, 3.63) is 63.7 Å². The number of carbonyl (C=O) groups excluding carboxylic acids is 1. The quantitative estimate of drug-likeness (QED) is 0.608. The number of nitrogens with one attached hydrogen (secondary N) is 2. The monoisotopic (exact) mass is 355 g/mol. The zero-order valence-corrected chi connectivity index (χ0v) is 14.5. The molecule has 2 N–H and O–H groups in total. The number of anilines is 2. The number of amides is 1. The van der Waals surface area contributed by atoms with Gasteiger partial charge in [-0.1, -0.05) is 12.1 Å². The molecule has 0 unspecified atom stereocenters. The lowest BCUT2D eigenvalue weighted by molar-refractivity contribution is -0.384. The van der Waals surface area contributed by atoms with E-state index in [1.807, 2.05) is 25.1 Å². The highest BCUT2D eigenvalue weighted by Crippen LogP contribution is 2.27. The van der Waals surface area contributed by atoms with Gasteiger partial charge in [0.2, 0.25) is 0 Å². The topological polar surface area (TPSA) is 93.5 Å². The standard InChI is InChI=1S/C19H21N3O4/c1-13-4-2-5-15(10-13)21-19(23)14-7-8-17(18(11-14)22(24)25)20-12-16-6-3-9-26-16/h2,4-5,7-8,10-11,16,20H,3,6,9,12H2,1H3,(H,21,23)/t16-/m0/s1. The maximum absolute atomic E-state index is 12.4. The first kappa shape index (κ1) is 17.9. The summed E-state index contributed by atoms with van der Waals surface area (Å²) in [4.78, 5) is 23.3. The fourth-order valence-electron chi connectivity index (χ4n) is 2.93. The summed E-state index contributed by atoms with van der Waals surface area (Å²) in [6, 6.07) is 11.8. The summed E-state index contributed by atoms with van der Waals surface area (Å²) < 4.78 is 5.52. The zero-order chi connectivity index (χ0) is 18.5. The normalized spacial score (nSPS) is 16.3. The summed E-state index contributed by atoms with van der Waals surface area (Å²) in [5.41, 5.74) is 2.17. The van der Waals surface area contributed by atoms with Gasteiger partial charge in [0.25, 0.3) is 11.6 Å². The van der Waals surface area contributed by atoms with Gasteiger partial charge in [-0.25, -0.2) is 0 Å². The Hall–Kier alpha value is -2.93.